The van der Waals surface area contributed by atoms with Crippen LogP contribution in [0.2, 0.25) is 0 Å². The monoisotopic (exact) mass is 328 g/mol. The highest BCUT2D eigenvalue weighted by molar-refractivity contribution is 5.93. The molecule has 0 unspecified atom stereocenters. The van der Waals surface area contributed by atoms with Crippen molar-refractivity contribution in [2.24, 2.45) is 0 Å². The van der Waals surface area contributed by atoms with E-state index in [0.29, 0.717) is 19.8 Å². The molecule has 0 fully saturated rings. The summed E-state index contributed by atoms with van der Waals surface area (Å²) in [4.78, 5) is 12.0. The summed E-state index contributed by atoms with van der Waals surface area (Å²) < 4.78 is 10.7. The number of carbonyl (C=O) groups is 1. The van der Waals surface area contributed by atoms with E-state index in [9.17, 15) is 4.79 Å². The smallest absolute Gasteiger partial charge is 0.243 e. The first kappa shape index (κ1) is 17.8. The Morgan fingerprint density at radius 1 is 1.04 bits per heavy atom. The van der Waals surface area contributed by atoms with E-state index in [4.69, 9.17) is 9.47 Å². The second-order valence-corrected chi connectivity index (χ2v) is 5.34. The van der Waals surface area contributed by atoms with Gasteiger partial charge in [0.1, 0.15) is 12.4 Å². The first-order chi connectivity index (χ1) is 11.7. The van der Waals surface area contributed by atoms with Crippen LogP contribution in [0.4, 0.5) is 11.4 Å². The molecule has 0 aliphatic rings. The Kier molecular flexibility index (Phi) is 7.11. The van der Waals surface area contributed by atoms with Crippen molar-refractivity contribution in [2.45, 2.75) is 13.8 Å². The summed E-state index contributed by atoms with van der Waals surface area (Å²) >= 11 is 0. The maximum Gasteiger partial charge on any atom is 0.243 e. The van der Waals surface area contributed by atoms with Crippen LogP contribution in [0.5, 0.6) is 5.75 Å². The van der Waals surface area contributed by atoms with Crippen molar-refractivity contribution >= 4 is 17.3 Å². The van der Waals surface area contributed by atoms with E-state index in [0.717, 1.165) is 22.7 Å². The third-order valence-corrected chi connectivity index (χ3v) is 3.31. The van der Waals surface area contributed by atoms with E-state index in [1.807, 2.05) is 62.4 Å². The van der Waals surface area contributed by atoms with Crippen LogP contribution in [-0.4, -0.2) is 32.3 Å². The highest BCUT2D eigenvalue weighted by Gasteiger charge is 2.03. The zero-order valence-corrected chi connectivity index (χ0v) is 14.2. The maximum atomic E-state index is 12.0. The molecule has 2 aromatic carbocycles. The number of aryl methyl sites for hydroxylation is 1. The lowest BCUT2D eigenvalue weighted by Gasteiger charge is -2.10. The molecule has 2 N–H and O–H groups in total. The number of nitrogens with one attached hydrogen (secondary N) is 2. The minimum atomic E-state index is -0.0958. The van der Waals surface area contributed by atoms with Crippen LogP contribution in [-0.2, 0) is 9.53 Å². The zero-order chi connectivity index (χ0) is 17.2. The molecule has 1 amide bonds. The number of benzene rings is 2. The molecular formula is C19H24N2O3. The molecule has 24 heavy (non-hydrogen) atoms. The van der Waals surface area contributed by atoms with Gasteiger partial charge in [-0.2, -0.15) is 0 Å². The summed E-state index contributed by atoms with van der Waals surface area (Å²) in [5.74, 6) is 0.659. The number of amides is 1. The van der Waals surface area contributed by atoms with Crippen LogP contribution >= 0.6 is 0 Å². The fraction of sp³-hybridized carbons (Fsp3) is 0.316. The highest BCUT2D eigenvalue weighted by atomic mass is 16.5. The Bertz CT molecular complexity index is 641. The lowest BCUT2D eigenvalue weighted by atomic mass is 10.2. The first-order valence-electron chi connectivity index (χ1n) is 8.08. The van der Waals surface area contributed by atoms with E-state index in [2.05, 4.69) is 10.6 Å². The van der Waals surface area contributed by atoms with Gasteiger partial charge in [0, 0.05) is 18.0 Å². The van der Waals surface area contributed by atoms with Crippen LogP contribution in [0.15, 0.2) is 48.5 Å². The average Bonchev–Trinajstić information content (AvgIpc) is 2.58. The van der Waals surface area contributed by atoms with Gasteiger partial charge >= 0.3 is 0 Å². The molecule has 0 saturated carbocycles. The van der Waals surface area contributed by atoms with Crippen molar-refractivity contribution in [2.75, 3.05) is 37.0 Å². The van der Waals surface area contributed by atoms with Crippen molar-refractivity contribution < 1.29 is 14.3 Å². The maximum absolute atomic E-state index is 12.0. The van der Waals surface area contributed by atoms with E-state index in [1.54, 1.807) is 0 Å². The van der Waals surface area contributed by atoms with Crippen LogP contribution in [0.3, 0.4) is 0 Å². The molecule has 0 aliphatic carbocycles. The summed E-state index contributed by atoms with van der Waals surface area (Å²) in [6, 6.07) is 15.2. The molecule has 2 rings (SSSR count). The summed E-state index contributed by atoms with van der Waals surface area (Å²) in [6.45, 7) is 5.95. The molecule has 0 spiro atoms. The molecule has 5 nitrogen and oxygen atoms in total. The van der Waals surface area contributed by atoms with Crippen LogP contribution in [0.25, 0.3) is 0 Å². The Morgan fingerprint density at radius 3 is 2.54 bits per heavy atom. The normalized spacial score (nSPS) is 10.2. The van der Waals surface area contributed by atoms with Gasteiger partial charge in [0.2, 0.25) is 5.91 Å². The summed E-state index contributed by atoms with van der Waals surface area (Å²) in [5, 5.41) is 5.95. The molecule has 0 radical (unpaired) electrons. The number of carbonyl (C=O) groups excluding carboxylic acids is 1. The van der Waals surface area contributed by atoms with Gasteiger partial charge in [0.15, 0.2) is 0 Å². The largest absolute Gasteiger partial charge is 0.491 e. The summed E-state index contributed by atoms with van der Waals surface area (Å²) in [7, 11) is 0. The van der Waals surface area contributed by atoms with Gasteiger partial charge in [0.25, 0.3) is 0 Å². The second-order valence-electron chi connectivity index (χ2n) is 5.34. The lowest BCUT2D eigenvalue weighted by Crippen LogP contribution is -2.21. The Morgan fingerprint density at radius 2 is 1.83 bits per heavy atom. The van der Waals surface area contributed by atoms with Crippen molar-refractivity contribution in [1.82, 2.24) is 0 Å². The van der Waals surface area contributed by atoms with Crippen LogP contribution < -0.4 is 15.4 Å². The van der Waals surface area contributed by atoms with Gasteiger partial charge in [-0.05, 0) is 55.8 Å². The number of anilines is 2. The Balaban J connectivity index is 1.75. The highest BCUT2D eigenvalue weighted by Crippen LogP contribution is 2.15. The van der Waals surface area contributed by atoms with E-state index < -0.39 is 0 Å². The number of rotatable bonds is 9. The summed E-state index contributed by atoms with van der Waals surface area (Å²) in [5.41, 5.74) is 2.83. The van der Waals surface area contributed by atoms with Crippen molar-refractivity contribution in [3.63, 3.8) is 0 Å². The predicted molar refractivity (Wildman–Crippen MR) is 96.7 cm³/mol. The topological polar surface area (TPSA) is 59.6 Å². The van der Waals surface area contributed by atoms with E-state index in [-0.39, 0.29) is 12.5 Å². The number of hydrogen-bond acceptors (Lipinski definition) is 4. The Labute approximate surface area is 143 Å². The van der Waals surface area contributed by atoms with Crippen LogP contribution in [0.1, 0.15) is 12.5 Å². The molecule has 0 atom stereocenters. The van der Waals surface area contributed by atoms with Gasteiger partial charge in [-0.15, -0.1) is 0 Å². The standard InChI is InChI=1S/C19H24N2O3/c1-3-23-11-12-24-18-9-7-16(8-10-18)21-19(22)14-20-17-6-4-5-15(2)13-17/h4-10,13,20H,3,11-12,14H2,1-2H3,(H,21,22). The molecule has 0 aliphatic heterocycles. The average molecular weight is 328 g/mol. The molecule has 0 saturated heterocycles. The third kappa shape index (κ3) is 6.30. The van der Waals surface area contributed by atoms with Gasteiger partial charge < -0.3 is 20.1 Å². The molecule has 0 heterocycles. The first-order valence-corrected chi connectivity index (χ1v) is 8.08. The zero-order valence-electron chi connectivity index (χ0n) is 14.2. The van der Waals surface area contributed by atoms with E-state index >= 15 is 0 Å². The number of hydrogen-bond donors (Lipinski definition) is 2. The van der Waals surface area contributed by atoms with Crippen molar-refractivity contribution in [3.8, 4) is 5.75 Å². The predicted octanol–water partition coefficient (Wildman–Crippen LogP) is 3.46. The SMILES string of the molecule is CCOCCOc1ccc(NC(=O)CNc2cccc(C)c2)cc1. The second kappa shape index (κ2) is 9.57. The van der Waals surface area contributed by atoms with Crippen LogP contribution in [0, 0.1) is 6.92 Å². The molecular weight excluding hydrogens is 304 g/mol. The van der Waals surface area contributed by atoms with Gasteiger partial charge in [-0.1, -0.05) is 12.1 Å². The molecule has 5 heteroatoms. The molecule has 128 valence electrons. The molecule has 2 aromatic rings. The van der Waals surface area contributed by atoms with Gasteiger partial charge in [-0.3, -0.25) is 4.79 Å². The van der Waals surface area contributed by atoms with E-state index in [1.165, 1.54) is 0 Å². The van der Waals surface area contributed by atoms with Crippen molar-refractivity contribution in [3.05, 3.63) is 54.1 Å². The van der Waals surface area contributed by atoms with Gasteiger partial charge in [0.05, 0.1) is 13.2 Å². The minimum absolute atomic E-state index is 0.0958. The summed E-state index contributed by atoms with van der Waals surface area (Å²) in [6.07, 6.45) is 0. The van der Waals surface area contributed by atoms with Gasteiger partial charge in [-0.25, -0.2) is 0 Å². The quantitative estimate of drug-likeness (QED) is 0.692. The molecule has 0 bridgehead atoms. The number of ether oxygens (including phenoxy) is 2. The fourth-order valence-corrected chi connectivity index (χ4v) is 2.14. The lowest BCUT2D eigenvalue weighted by molar-refractivity contribution is -0.114. The molecule has 0 aromatic heterocycles. The minimum Gasteiger partial charge on any atom is -0.491 e. The third-order valence-electron chi connectivity index (χ3n) is 3.31. The Hall–Kier alpha value is -2.53. The fourth-order valence-electron chi connectivity index (χ4n) is 2.14. The van der Waals surface area contributed by atoms with Crippen molar-refractivity contribution in [1.29, 1.82) is 0 Å².